The van der Waals surface area contributed by atoms with E-state index in [1.807, 2.05) is 0 Å². The van der Waals surface area contributed by atoms with Gasteiger partial charge in [-0.2, -0.15) is 0 Å². The molecule has 52 valence electrons. The van der Waals surface area contributed by atoms with Crippen LogP contribution in [0.15, 0.2) is 11.6 Å². The minimum atomic E-state index is -3.89. The molecule has 1 rings (SSSR count). The zero-order chi connectivity index (χ0) is 7.28. The van der Waals surface area contributed by atoms with E-state index in [1.54, 1.807) is 0 Å². The van der Waals surface area contributed by atoms with Crippen molar-refractivity contribution in [1.82, 2.24) is 0 Å². The standard InChI is InChI=1S/C2H4O5P2/c1-2-8(3,4)7-9(2,5)6/h1H2,(H,3,4)(H,5,6). The molecule has 5 nitrogen and oxygen atoms in total. The molecule has 0 aromatic rings. The van der Waals surface area contributed by atoms with Gasteiger partial charge in [-0.25, -0.2) is 4.31 Å². The van der Waals surface area contributed by atoms with Crippen molar-refractivity contribution in [3.05, 3.63) is 11.6 Å². The summed E-state index contributed by atoms with van der Waals surface area (Å²) in [5.41, 5.74) is 0. The van der Waals surface area contributed by atoms with Crippen molar-refractivity contribution in [2.24, 2.45) is 0 Å². The average Bonchev–Trinajstić information content (AvgIpc) is 1.63. The van der Waals surface area contributed by atoms with E-state index in [0.29, 0.717) is 0 Å². The Morgan fingerprint density at radius 2 is 1.67 bits per heavy atom. The van der Waals surface area contributed by atoms with Crippen LogP contribution in [0, 0.1) is 0 Å². The Morgan fingerprint density at radius 1 is 1.33 bits per heavy atom. The second-order valence-corrected chi connectivity index (χ2v) is 5.71. The van der Waals surface area contributed by atoms with Gasteiger partial charge in [0.05, 0.1) is 0 Å². The fourth-order valence-electron chi connectivity index (χ4n) is 0.371. The Kier molecular flexibility index (Phi) is 1.25. The predicted octanol–water partition coefficient (Wildman–Crippen LogP) is 0.859. The second kappa shape index (κ2) is 1.57. The topological polar surface area (TPSA) is 83.8 Å². The van der Waals surface area contributed by atoms with Gasteiger partial charge in [0.25, 0.3) is 0 Å². The molecule has 1 aliphatic heterocycles. The van der Waals surface area contributed by atoms with Crippen LogP contribution in [0.2, 0.25) is 0 Å². The van der Waals surface area contributed by atoms with E-state index < -0.39 is 20.2 Å². The van der Waals surface area contributed by atoms with Crippen molar-refractivity contribution in [2.75, 3.05) is 0 Å². The molecule has 2 N–H and O–H groups in total. The maximum absolute atomic E-state index is 10.3. The molecule has 0 radical (unpaired) electrons. The van der Waals surface area contributed by atoms with Crippen molar-refractivity contribution in [3.63, 3.8) is 0 Å². The molecule has 0 bridgehead atoms. The average molecular weight is 170 g/mol. The van der Waals surface area contributed by atoms with Gasteiger partial charge in [-0.3, -0.25) is 9.13 Å². The quantitative estimate of drug-likeness (QED) is 0.526. The Bertz CT molecular complexity index is 230. The molecule has 0 spiro atoms. The number of hydrogen-bond acceptors (Lipinski definition) is 3. The van der Waals surface area contributed by atoms with Crippen LogP contribution in [0.25, 0.3) is 0 Å². The third kappa shape index (κ3) is 0.914. The Morgan fingerprint density at radius 3 is 1.67 bits per heavy atom. The molecule has 1 aliphatic rings. The first-order valence-corrected chi connectivity index (χ1v) is 5.09. The predicted molar refractivity (Wildman–Crippen MR) is 29.9 cm³/mol. The van der Waals surface area contributed by atoms with E-state index >= 15 is 0 Å². The summed E-state index contributed by atoms with van der Waals surface area (Å²) >= 11 is 0. The summed E-state index contributed by atoms with van der Waals surface area (Å²) in [5.74, 6) is 0. The largest absolute Gasteiger partial charge is 0.373 e. The number of hydrogen-bond donors (Lipinski definition) is 2. The van der Waals surface area contributed by atoms with E-state index in [0.717, 1.165) is 0 Å². The summed E-state index contributed by atoms with van der Waals surface area (Å²) in [6, 6.07) is 0. The molecule has 0 saturated carbocycles. The van der Waals surface area contributed by atoms with Crippen LogP contribution in [-0.4, -0.2) is 9.79 Å². The van der Waals surface area contributed by atoms with Crippen LogP contribution < -0.4 is 0 Å². The van der Waals surface area contributed by atoms with Crippen LogP contribution >= 0.6 is 15.2 Å². The smallest absolute Gasteiger partial charge is 0.320 e. The SMILES string of the molecule is C=C1P(=O)(O)OP1(=O)O. The molecule has 0 aliphatic carbocycles. The highest BCUT2D eigenvalue weighted by molar-refractivity contribution is 7.90. The van der Waals surface area contributed by atoms with Gasteiger partial charge in [0.15, 0.2) is 0 Å². The monoisotopic (exact) mass is 170 g/mol. The van der Waals surface area contributed by atoms with E-state index in [9.17, 15) is 9.13 Å². The molecule has 7 heteroatoms. The van der Waals surface area contributed by atoms with Gasteiger partial charge in [0, 0.05) is 0 Å². The van der Waals surface area contributed by atoms with Crippen molar-refractivity contribution < 1.29 is 23.2 Å². The van der Waals surface area contributed by atoms with Crippen LogP contribution in [0.5, 0.6) is 0 Å². The lowest BCUT2D eigenvalue weighted by Crippen LogP contribution is -2.02. The minimum Gasteiger partial charge on any atom is -0.320 e. The zero-order valence-electron chi connectivity index (χ0n) is 4.22. The Hall–Kier alpha value is 0.0800. The first kappa shape index (κ1) is 7.19. The molecule has 0 amide bonds. The summed E-state index contributed by atoms with van der Waals surface area (Å²) in [5, 5.41) is -0.588. The summed E-state index contributed by atoms with van der Waals surface area (Å²) in [6.45, 7) is 2.91. The third-order valence-electron chi connectivity index (χ3n) is 0.874. The summed E-state index contributed by atoms with van der Waals surface area (Å²) in [4.78, 5) is 16.8. The van der Waals surface area contributed by atoms with Gasteiger partial charge < -0.3 is 9.79 Å². The molecule has 1 fully saturated rings. The molecule has 0 aromatic heterocycles. The molecular formula is C2H4O5P2. The highest BCUT2D eigenvalue weighted by atomic mass is 31.3. The van der Waals surface area contributed by atoms with Crippen LogP contribution in [0.1, 0.15) is 0 Å². The molecule has 9 heavy (non-hydrogen) atoms. The van der Waals surface area contributed by atoms with Crippen molar-refractivity contribution in [2.45, 2.75) is 0 Å². The molecular weight excluding hydrogens is 166 g/mol. The lowest BCUT2D eigenvalue weighted by atomic mass is 11.2. The molecule has 1 saturated heterocycles. The van der Waals surface area contributed by atoms with E-state index in [4.69, 9.17) is 9.79 Å². The van der Waals surface area contributed by atoms with Crippen molar-refractivity contribution in [3.8, 4) is 0 Å². The van der Waals surface area contributed by atoms with E-state index in [2.05, 4.69) is 10.9 Å². The second-order valence-electron chi connectivity index (χ2n) is 1.54. The van der Waals surface area contributed by atoms with Crippen LogP contribution in [-0.2, 0) is 13.4 Å². The van der Waals surface area contributed by atoms with Crippen molar-refractivity contribution in [1.29, 1.82) is 0 Å². The summed E-state index contributed by atoms with van der Waals surface area (Å²) < 4.78 is 24.4. The lowest BCUT2D eigenvalue weighted by molar-refractivity contribution is 0.322. The fourth-order valence-corrected chi connectivity index (χ4v) is 3.34. The highest BCUT2D eigenvalue weighted by Crippen LogP contribution is 2.84. The summed E-state index contributed by atoms with van der Waals surface area (Å²) in [6.07, 6.45) is 0. The summed E-state index contributed by atoms with van der Waals surface area (Å²) in [7, 11) is -7.77. The van der Waals surface area contributed by atoms with Gasteiger partial charge in [-0.15, -0.1) is 0 Å². The van der Waals surface area contributed by atoms with Crippen LogP contribution in [0.4, 0.5) is 0 Å². The van der Waals surface area contributed by atoms with Crippen LogP contribution in [0.3, 0.4) is 0 Å². The van der Waals surface area contributed by atoms with E-state index in [1.165, 1.54) is 0 Å². The normalized spacial score (nSPS) is 50.7. The zero-order valence-corrected chi connectivity index (χ0v) is 6.01. The third-order valence-corrected chi connectivity index (χ3v) is 5.47. The van der Waals surface area contributed by atoms with Gasteiger partial charge in [-0.1, -0.05) is 6.58 Å². The molecule has 2 atom stereocenters. The maximum Gasteiger partial charge on any atom is 0.373 e. The maximum atomic E-state index is 10.3. The molecule has 2 unspecified atom stereocenters. The Labute approximate surface area is 51.0 Å². The molecule has 0 aromatic carbocycles. The first-order valence-electron chi connectivity index (χ1n) is 1.93. The number of rotatable bonds is 0. The van der Waals surface area contributed by atoms with Gasteiger partial charge >= 0.3 is 15.2 Å². The highest BCUT2D eigenvalue weighted by Gasteiger charge is 2.54. The molecule has 1 heterocycles. The van der Waals surface area contributed by atoms with E-state index in [-0.39, 0.29) is 0 Å². The minimum absolute atomic E-state index is 0.588. The van der Waals surface area contributed by atoms with Gasteiger partial charge in [-0.05, 0) is 0 Å². The lowest BCUT2D eigenvalue weighted by Gasteiger charge is -2.27. The Balaban J connectivity index is 3.00. The van der Waals surface area contributed by atoms with Gasteiger partial charge in [0.2, 0.25) is 0 Å². The van der Waals surface area contributed by atoms with Crippen molar-refractivity contribution >= 4 is 15.2 Å². The first-order chi connectivity index (χ1) is 3.86. The van der Waals surface area contributed by atoms with Gasteiger partial charge in [0.1, 0.15) is 5.06 Å². The fraction of sp³-hybridized carbons (Fsp3) is 0.